The Labute approximate surface area is 102 Å². The van der Waals surface area contributed by atoms with Crippen LogP contribution in [0.5, 0.6) is 0 Å². The molecule has 1 fully saturated rings. The summed E-state index contributed by atoms with van der Waals surface area (Å²) in [6.45, 7) is 0. The first kappa shape index (κ1) is 12.8. The van der Waals surface area contributed by atoms with Crippen molar-refractivity contribution < 1.29 is 17.2 Å². The van der Waals surface area contributed by atoms with Crippen LogP contribution in [0.3, 0.4) is 0 Å². The molecule has 1 aliphatic rings. The summed E-state index contributed by atoms with van der Waals surface area (Å²) in [5.41, 5.74) is -0.00642. The van der Waals surface area contributed by atoms with Gasteiger partial charge in [0.15, 0.2) is 9.84 Å². The Morgan fingerprint density at radius 2 is 2.29 bits per heavy atom. The Kier molecular flexibility index (Phi) is 3.40. The van der Waals surface area contributed by atoms with Gasteiger partial charge in [-0.25, -0.2) is 17.2 Å². The number of hydrogen-bond donors (Lipinski definition) is 0. The smallest absolute Gasteiger partial charge is 0.259 e. The number of aromatic nitrogens is 2. The maximum Gasteiger partial charge on any atom is 0.280 e. The van der Waals surface area contributed by atoms with Crippen LogP contribution < -0.4 is 0 Å². The third kappa shape index (κ3) is 2.44. The molecule has 0 aliphatic carbocycles. The van der Waals surface area contributed by atoms with Crippen LogP contribution in [-0.4, -0.2) is 29.7 Å². The summed E-state index contributed by atoms with van der Waals surface area (Å²) < 4.78 is 49.5. The first-order valence-corrected chi connectivity index (χ1v) is 7.41. The Balaban J connectivity index is 2.36. The highest BCUT2D eigenvalue weighted by molar-refractivity contribution is 7.91. The summed E-state index contributed by atoms with van der Waals surface area (Å²) in [7, 11) is -3.12. The second kappa shape index (κ2) is 4.53. The lowest BCUT2D eigenvalue weighted by molar-refractivity contribution is 0.135. The number of halogens is 3. The lowest BCUT2D eigenvalue weighted by Crippen LogP contribution is -2.15. The van der Waals surface area contributed by atoms with E-state index in [0.717, 1.165) is 4.68 Å². The molecular formula is C9H11ClF2N2O2S. The first-order valence-electron chi connectivity index (χ1n) is 5.05. The van der Waals surface area contributed by atoms with Gasteiger partial charge in [-0.05, 0) is 6.42 Å². The fraction of sp³-hybridized carbons (Fsp3) is 0.667. The number of alkyl halides is 3. The highest BCUT2D eigenvalue weighted by atomic mass is 35.5. The summed E-state index contributed by atoms with van der Waals surface area (Å²) in [5.74, 6) is -0.161. The number of sulfone groups is 1. The van der Waals surface area contributed by atoms with Crippen molar-refractivity contribution in [1.29, 1.82) is 0 Å². The topological polar surface area (TPSA) is 52.0 Å². The van der Waals surface area contributed by atoms with Crippen molar-refractivity contribution in [3.63, 3.8) is 0 Å². The van der Waals surface area contributed by atoms with Gasteiger partial charge in [-0.3, -0.25) is 4.68 Å². The quantitative estimate of drug-likeness (QED) is 0.797. The molecule has 1 aliphatic heterocycles. The van der Waals surface area contributed by atoms with E-state index >= 15 is 0 Å². The van der Waals surface area contributed by atoms with E-state index in [0.29, 0.717) is 6.42 Å². The lowest BCUT2D eigenvalue weighted by atomic mass is 10.2. The largest absolute Gasteiger partial charge is 0.280 e. The Morgan fingerprint density at radius 3 is 2.76 bits per heavy atom. The molecule has 17 heavy (non-hydrogen) atoms. The second-order valence-electron chi connectivity index (χ2n) is 3.99. The summed E-state index contributed by atoms with van der Waals surface area (Å²) in [6.07, 6.45) is -1.10. The van der Waals surface area contributed by atoms with Crippen molar-refractivity contribution in [3.8, 4) is 0 Å². The van der Waals surface area contributed by atoms with Crippen LogP contribution in [0.25, 0.3) is 0 Å². The van der Waals surface area contributed by atoms with E-state index in [9.17, 15) is 17.2 Å². The highest BCUT2D eigenvalue weighted by Crippen LogP contribution is 2.31. The zero-order valence-electron chi connectivity index (χ0n) is 8.81. The molecule has 0 saturated carbocycles. The molecule has 0 N–H and O–H groups in total. The molecule has 96 valence electrons. The maximum atomic E-state index is 12.9. The van der Waals surface area contributed by atoms with Gasteiger partial charge in [-0.1, -0.05) is 0 Å². The maximum absolute atomic E-state index is 12.9. The van der Waals surface area contributed by atoms with Crippen LogP contribution in [0, 0.1) is 0 Å². The van der Waals surface area contributed by atoms with Gasteiger partial charge in [0, 0.05) is 5.56 Å². The van der Waals surface area contributed by atoms with Crippen molar-refractivity contribution in [3.05, 3.63) is 17.5 Å². The molecule has 2 rings (SSSR count). The number of rotatable bonds is 3. The molecule has 1 aromatic heterocycles. The van der Waals surface area contributed by atoms with Crippen molar-refractivity contribution >= 4 is 21.4 Å². The van der Waals surface area contributed by atoms with Gasteiger partial charge < -0.3 is 0 Å². The van der Waals surface area contributed by atoms with E-state index in [4.69, 9.17) is 11.6 Å². The van der Waals surface area contributed by atoms with E-state index in [1.165, 1.54) is 6.20 Å². The Hall–Kier alpha value is -0.690. The zero-order valence-corrected chi connectivity index (χ0v) is 10.4. The van der Waals surface area contributed by atoms with E-state index in [-0.39, 0.29) is 28.6 Å². The molecular weight excluding hydrogens is 274 g/mol. The average molecular weight is 285 g/mol. The van der Waals surface area contributed by atoms with Crippen molar-refractivity contribution in [2.45, 2.75) is 24.8 Å². The number of nitrogens with zero attached hydrogens (tertiary/aromatic N) is 2. The van der Waals surface area contributed by atoms with E-state index in [1.807, 2.05) is 0 Å². The second-order valence-corrected chi connectivity index (χ2v) is 6.49. The van der Waals surface area contributed by atoms with Gasteiger partial charge in [0.1, 0.15) is 5.69 Å². The molecule has 1 unspecified atom stereocenters. The minimum absolute atomic E-state index is 0.0242. The fourth-order valence-electron chi connectivity index (χ4n) is 2.01. The van der Waals surface area contributed by atoms with Crippen LogP contribution >= 0.6 is 11.6 Å². The van der Waals surface area contributed by atoms with Crippen molar-refractivity contribution in [1.82, 2.24) is 9.78 Å². The molecule has 1 aromatic rings. The SMILES string of the molecule is O=S1(=O)CCC(n2ncc(CCl)c2C(F)F)C1. The Bertz CT molecular complexity index is 515. The minimum atomic E-state index is -3.12. The van der Waals surface area contributed by atoms with Gasteiger partial charge in [-0.2, -0.15) is 5.10 Å². The van der Waals surface area contributed by atoms with Gasteiger partial charge in [0.2, 0.25) is 0 Å². The van der Waals surface area contributed by atoms with Crippen molar-refractivity contribution in [2.75, 3.05) is 11.5 Å². The summed E-state index contributed by atoms with van der Waals surface area (Å²) in [4.78, 5) is 0. The normalized spacial score (nSPS) is 23.4. The third-order valence-corrected chi connectivity index (χ3v) is 4.86. The molecule has 1 atom stereocenters. The van der Waals surface area contributed by atoms with Crippen LogP contribution in [0.4, 0.5) is 8.78 Å². The van der Waals surface area contributed by atoms with E-state index < -0.39 is 22.3 Å². The lowest BCUT2D eigenvalue weighted by Gasteiger charge is -2.13. The monoisotopic (exact) mass is 284 g/mol. The van der Waals surface area contributed by atoms with Crippen LogP contribution in [0.15, 0.2) is 6.20 Å². The van der Waals surface area contributed by atoms with Crippen LogP contribution in [-0.2, 0) is 15.7 Å². The van der Waals surface area contributed by atoms with Gasteiger partial charge >= 0.3 is 0 Å². The van der Waals surface area contributed by atoms with E-state index in [2.05, 4.69) is 5.10 Å². The molecule has 0 aromatic carbocycles. The third-order valence-electron chi connectivity index (χ3n) is 2.82. The summed E-state index contributed by atoms with van der Waals surface area (Å²) >= 11 is 5.55. The molecule has 1 saturated heterocycles. The first-order chi connectivity index (χ1) is 7.94. The molecule has 0 amide bonds. The average Bonchev–Trinajstić information content (AvgIpc) is 2.80. The molecule has 8 heteroatoms. The molecule has 4 nitrogen and oxygen atoms in total. The highest BCUT2D eigenvalue weighted by Gasteiger charge is 2.33. The fourth-order valence-corrected chi connectivity index (χ4v) is 3.91. The predicted octanol–water partition coefficient (Wildman–Crippen LogP) is 1.92. The van der Waals surface area contributed by atoms with Crippen LogP contribution in [0.2, 0.25) is 0 Å². The molecule has 0 spiro atoms. The Morgan fingerprint density at radius 1 is 1.59 bits per heavy atom. The minimum Gasteiger partial charge on any atom is -0.259 e. The predicted molar refractivity (Wildman–Crippen MR) is 59.0 cm³/mol. The molecule has 0 radical (unpaired) electrons. The van der Waals surface area contributed by atoms with Crippen molar-refractivity contribution in [2.24, 2.45) is 0 Å². The van der Waals surface area contributed by atoms with Gasteiger partial charge in [0.25, 0.3) is 6.43 Å². The summed E-state index contributed by atoms with van der Waals surface area (Å²) in [5, 5.41) is 3.84. The standard InChI is InChI=1S/C9H11ClF2N2O2S/c10-3-6-4-13-14(8(6)9(11)12)7-1-2-17(15,16)5-7/h4,7,9H,1-3,5H2. The molecule has 2 heterocycles. The molecule has 0 bridgehead atoms. The number of hydrogen-bond acceptors (Lipinski definition) is 3. The van der Waals surface area contributed by atoms with E-state index in [1.54, 1.807) is 0 Å². The van der Waals surface area contributed by atoms with Gasteiger partial charge in [-0.15, -0.1) is 11.6 Å². The van der Waals surface area contributed by atoms with Crippen LogP contribution in [0.1, 0.15) is 30.1 Å². The van der Waals surface area contributed by atoms with Gasteiger partial charge in [0.05, 0.1) is 29.6 Å². The summed E-state index contributed by atoms with van der Waals surface area (Å²) in [6, 6.07) is -0.499. The zero-order chi connectivity index (χ0) is 12.6.